The summed E-state index contributed by atoms with van der Waals surface area (Å²) < 4.78 is 0. The fraction of sp³-hybridized carbons (Fsp3) is 0.312. The van der Waals surface area contributed by atoms with E-state index in [1.54, 1.807) is 11.3 Å². The quantitative estimate of drug-likeness (QED) is 0.800. The minimum atomic E-state index is -0.206. The molecule has 0 bridgehead atoms. The number of nitrogens with two attached hydrogens (primary N) is 1. The molecule has 0 spiro atoms. The standard InChI is InChI=1S/C16H21N3OS/c1-10-4-9-15(21-10)12(3)18-16(20)19-14-7-5-13(6-8-14)11(2)17/h4-9,11-12H,17H2,1-3H3,(H2,18,19,20). The SMILES string of the molecule is Cc1ccc(C(C)NC(=O)Nc2ccc(C(C)N)cc2)s1. The van der Waals surface area contributed by atoms with Gasteiger partial charge in [0.05, 0.1) is 6.04 Å². The van der Waals surface area contributed by atoms with Gasteiger partial charge in [0.15, 0.2) is 0 Å². The maximum atomic E-state index is 12.0. The molecule has 2 unspecified atom stereocenters. The van der Waals surface area contributed by atoms with Crippen LogP contribution in [-0.4, -0.2) is 6.03 Å². The monoisotopic (exact) mass is 303 g/mol. The zero-order valence-electron chi connectivity index (χ0n) is 12.5. The molecular weight excluding hydrogens is 282 g/mol. The number of aryl methyl sites for hydroxylation is 1. The molecule has 2 aromatic rings. The van der Waals surface area contributed by atoms with Crippen LogP contribution in [0.15, 0.2) is 36.4 Å². The van der Waals surface area contributed by atoms with E-state index in [4.69, 9.17) is 5.73 Å². The van der Waals surface area contributed by atoms with Crippen molar-refractivity contribution in [1.29, 1.82) is 0 Å². The summed E-state index contributed by atoms with van der Waals surface area (Å²) in [5.41, 5.74) is 7.60. The fourth-order valence-electron chi connectivity index (χ4n) is 1.99. The first kappa shape index (κ1) is 15.5. The normalized spacial score (nSPS) is 13.5. The molecule has 0 radical (unpaired) electrons. The molecule has 1 aromatic heterocycles. The molecular formula is C16H21N3OS. The Bertz CT molecular complexity index is 604. The third-order valence-electron chi connectivity index (χ3n) is 3.23. The van der Waals surface area contributed by atoms with E-state index in [1.807, 2.05) is 44.2 Å². The van der Waals surface area contributed by atoms with Gasteiger partial charge in [-0.05, 0) is 50.6 Å². The van der Waals surface area contributed by atoms with Crippen molar-refractivity contribution in [1.82, 2.24) is 5.32 Å². The van der Waals surface area contributed by atoms with Gasteiger partial charge in [-0.25, -0.2) is 4.79 Å². The van der Waals surface area contributed by atoms with Gasteiger partial charge in [0.1, 0.15) is 0 Å². The van der Waals surface area contributed by atoms with E-state index in [2.05, 4.69) is 23.6 Å². The number of hydrogen-bond acceptors (Lipinski definition) is 3. The molecule has 5 heteroatoms. The van der Waals surface area contributed by atoms with Gasteiger partial charge in [0, 0.05) is 21.5 Å². The number of anilines is 1. The number of thiophene rings is 1. The molecule has 0 aliphatic rings. The summed E-state index contributed by atoms with van der Waals surface area (Å²) in [4.78, 5) is 14.4. The lowest BCUT2D eigenvalue weighted by atomic mass is 10.1. The van der Waals surface area contributed by atoms with Gasteiger partial charge in [-0.1, -0.05) is 12.1 Å². The molecule has 112 valence electrons. The van der Waals surface area contributed by atoms with Crippen LogP contribution in [0.2, 0.25) is 0 Å². The minimum Gasteiger partial charge on any atom is -0.331 e. The Morgan fingerprint density at radius 3 is 2.33 bits per heavy atom. The van der Waals surface area contributed by atoms with Gasteiger partial charge in [0.25, 0.3) is 0 Å². The van der Waals surface area contributed by atoms with E-state index in [1.165, 1.54) is 4.88 Å². The largest absolute Gasteiger partial charge is 0.331 e. The molecule has 2 amide bonds. The highest BCUT2D eigenvalue weighted by Gasteiger charge is 2.11. The lowest BCUT2D eigenvalue weighted by Crippen LogP contribution is -2.30. The molecule has 4 N–H and O–H groups in total. The van der Waals surface area contributed by atoms with Crippen molar-refractivity contribution < 1.29 is 4.79 Å². The molecule has 0 saturated carbocycles. The molecule has 21 heavy (non-hydrogen) atoms. The van der Waals surface area contributed by atoms with Crippen molar-refractivity contribution in [2.75, 3.05) is 5.32 Å². The van der Waals surface area contributed by atoms with E-state index >= 15 is 0 Å². The predicted octanol–water partition coefficient (Wildman–Crippen LogP) is 3.96. The second-order valence-corrected chi connectivity index (χ2v) is 6.50. The van der Waals surface area contributed by atoms with Crippen molar-refractivity contribution in [2.45, 2.75) is 32.9 Å². The van der Waals surface area contributed by atoms with E-state index in [9.17, 15) is 4.79 Å². The van der Waals surface area contributed by atoms with Crippen LogP contribution in [0.25, 0.3) is 0 Å². The molecule has 1 heterocycles. The van der Waals surface area contributed by atoms with Crippen LogP contribution in [0.4, 0.5) is 10.5 Å². The van der Waals surface area contributed by atoms with Crippen LogP contribution < -0.4 is 16.4 Å². The van der Waals surface area contributed by atoms with Gasteiger partial charge in [0.2, 0.25) is 0 Å². The van der Waals surface area contributed by atoms with Crippen molar-refractivity contribution in [3.63, 3.8) is 0 Å². The Morgan fingerprint density at radius 1 is 1.14 bits per heavy atom. The Labute approximate surface area is 129 Å². The third-order valence-corrected chi connectivity index (χ3v) is 4.41. The van der Waals surface area contributed by atoms with Crippen LogP contribution in [-0.2, 0) is 0 Å². The Hall–Kier alpha value is -1.85. The number of hydrogen-bond donors (Lipinski definition) is 3. The van der Waals surface area contributed by atoms with Crippen LogP contribution in [0.3, 0.4) is 0 Å². The smallest absolute Gasteiger partial charge is 0.319 e. The summed E-state index contributed by atoms with van der Waals surface area (Å²) in [7, 11) is 0. The van der Waals surface area contributed by atoms with Crippen LogP contribution >= 0.6 is 11.3 Å². The van der Waals surface area contributed by atoms with Crippen molar-refractivity contribution >= 4 is 23.1 Å². The topological polar surface area (TPSA) is 67.2 Å². The van der Waals surface area contributed by atoms with Crippen molar-refractivity contribution in [2.24, 2.45) is 5.73 Å². The van der Waals surface area contributed by atoms with Gasteiger partial charge in [-0.15, -0.1) is 11.3 Å². The first-order valence-corrected chi connectivity index (χ1v) is 7.76. The lowest BCUT2D eigenvalue weighted by molar-refractivity contribution is 0.249. The van der Waals surface area contributed by atoms with Crippen LogP contribution in [0, 0.1) is 6.92 Å². The van der Waals surface area contributed by atoms with Crippen LogP contribution in [0.5, 0.6) is 0 Å². The average Bonchev–Trinajstić information content (AvgIpc) is 2.86. The summed E-state index contributed by atoms with van der Waals surface area (Å²) in [5, 5.41) is 5.76. The summed E-state index contributed by atoms with van der Waals surface area (Å²) >= 11 is 1.69. The fourth-order valence-corrected chi connectivity index (χ4v) is 2.87. The number of nitrogens with one attached hydrogen (secondary N) is 2. The highest BCUT2D eigenvalue weighted by Crippen LogP contribution is 2.22. The zero-order chi connectivity index (χ0) is 15.4. The molecule has 0 aliphatic carbocycles. The Morgan fingerprint density at radius 2 is 1.81 bits per heavy atom. The van der Waals surface area contributed by atoms with Crippen molar-refractivity contribution in [3.05, 3.63) is 51.7 Å². The Kier molecular flexibility index (Phi) is 4.98. The molecule has 0 aliphatic heterocycles. The summed E-state index contributed by atoms with van der Waals surface area (Å²) in [6, 6.07) is 11.4. The van der Waals surface area contributed by atoms with Gasteiger partial charge < -0.3 is 16.4 Å². The molecule has 4 nitrogen and oxygen atoms in total. The molecule has 0 fully saturated rings. The number of amides is 2. The average molecular weight is 303 g/mol. The Balaban J connectivity index is 1.92. The summed E-state index contributed by atoms with van der Waals surface area (Å²) in [5.74, 6) is 0. The molecule has 1 aromatic carbocycles. The minimum absolute atomic E-state index is 0.00466. The highest BCUT2D eigenvalue weighted by molar-refractivity contribution is 7.12. The molecule has 2 rings (SSSR count). The zero-order valence-corrected chi connectivity index (χ0v) is 13.3. The number of urea groups is 1. The van der Waals surface area contributed by atoms with E-state index in [0.29, 0.717) is 0 Å². The predicted molar refractivity (Wildman–Crippen MR) is 88.7 cm³/mol. The maximum absolute atomic E-state index is 12.0. The maximum Gasteiger partial charge on any atom is 0.319 e. The molecule has 2 atom stereocenters. The van der Waals surface area contributed by atoms with Gasteiger partial charge >= 0.3 is 6.03 Å². The number of rotatable bonds is 4. The van der Waals surface area contributed by atoms with Gasteiger partial charge in [-0.2, -0.15) is 0 Å². The summed E-state index contributed by atoms with van der Waals surface area (Å²) in [6.45, 7) is 5.96. The van der Waals surface area contributed by atoms with E-state index in [0.717, 1.165) is 16.1 Å². The lowest BCUT2D eigenvalue weighted by Gasteiger charge is -2.14. The van der Waals surface area contributed by atoms with E-state index in [-0.39, 0.29) is 18.1 Å². The first-order valence-electron chi connectivity index (χ1n) is 6.95. The van der Waals surface area contributed by atoms with Crippen LogP contribution in [0.1, 0.15) is 41.2 Å². The van der Waals surface area contributed by atoms with E-state index < -0.39 is 0 Å². The highest BCUT2D eigenvalue weighted by atomic mass is 32.1. The number of carbonyl (C=O) groups is 1. The molecule has 0 saturated heterocycles. The second kappa shape index (κ2) is 6.74. The third kappa shape index (κ3) is 4.31. The van der Waals surface area contributed by atoms with Gasteiger partial charge in [-0.3, -0.25) is 0 Å². The van der Waals surface area contributed by atoms with Crippen molar-refractivity contribution in [3.8, 4) is 0 Å². The number of benzene rings is 1. The number of carbonyl (C=O) groups excluding carboxylic acids is 1. The summed E-state index contributed by atoms with van der Waals surface area (Å²) in [6.07, 6.45) is 0. The first-order chi connectivity index (χ1) is 9.95. The second-order valence-electron chi connectivity index (χ2n) is 5.18.